The maximum atomic E-state index is 6.17. The van der Waals surface area contributed by atoms with Crippen LogP contribution in [-0.2, 0) is 0 Å². The van der Waals surface area contributed by atoms with Crippen molar-refractivity contribution in [2.75, 3.05) is 5.32 Å². The quantitative estimate of drug-likeness (QED) is 0.880. The Kier molecular flexibility index (Phi) is 3.28. The lowest BCUT2D eigenvalue weighted by Crippen LogP contribution is -2.43. The Morgan fingerprint density at radius 3 is 2.71 bits per heavy atom. The van der Waals surface area contributed by atoms with E-state index in [4.69, 9.17) is 11.6 Å². The first-order valence-electron chi connectivity index (χ1n) is 6.04. The molecule has 3 heterocycles. The molecule has 5 heteroatoms. The lowest BCUT2D eigenvalue weighted by molar-refractivity contribution is 0.377. The lowest BCUT2D eigenvalue weighted by Gasteiger charge is -2.30. The van der Waals surface area contributed by atoms with E-state index >= 15 is 0 Å². The second-order valence-electron chi connectivity index (χ2n) is 4.93. The van der Waals surface area contributed by atoms with E-state index in [1.165, 1.54) is 25.7 Å². The van der Waals surface area contributed by atoms with Crippen molar-refractivity contribution in [1.82, 2.24) is 10.3 Å². The summed E-state index contributed by atoms with van der Waals surface area (Å²) in [5.74, 6) is 0.807. The third kappa shape index (κ3) is 2.59. The number of piperidine rings is 1. The first kappa shape index (κ1) is 11.8. The van der Waals surface area contributed by atoms with E-state index in [2.05, 4.69) is 31.5 Å². The van der Waals surface area contributed by atoms with E-state index in [9.17, 15) is 0 Å². The molecule has 0 radical (unpaired) electrons. The Balaban J connectivity index is 1.70. The van der Waals surface area contributed by atoms with E-state index in [1.54, 1.807) is 6.20 Å². The number of aromatic nitrogens is 1. The molecule has 3 nitrogen and oxygen atoms in total. The average molecular weight is 317 g/mol. The Morgan fingerprint density at radius 2 is 2.06 bits per heavy atom. The largest absolute Gasteiger partial charge is 0.366 e. The molecule has 2 saturated heterocycles. The molecular formula is C12H15BrClN3. The van der Waals surface area contributed by atoms with Crippen molar-refractivity contribution in [2.45, 2.75) is 43.8 Å². The van der Waals surface area contributed by atoms with Crippen molar-refractivity contribution >= 4 is 33.3 Å². The molecule has 2 aliphatic heterocycles. The summed E-state index contributed by atoms with van der Waals surface area (Å²) in [6, 6.07) is 3.74. The molecule has 2 bridgehead atoms. The first-order valence-corrected chi connectivity index (χ1v) is 7.21. The van der Waals surface area contributed by atoms with Crippen molar-refractivity contribution in [3.8, 4) is 0 Å². The van der Waals surface area contributed by atoms with Gasteiger partial charge in [-0.1, -0.05) is 11.6 Å². The van der Waals surface area contributed by atoms with Gasteiger partial charge in [-0.3, -0.25) is 0 Å². The Hall–Kier alpha value is -0.320. The number of pyridine rings is 1. The summed E-state index contributed by atoms with van der Waals surface area (Å²) in [4.78, 5) is 4.33. The van der Waals surface area contributed by atoms with Gasteiger partial charge in [-0.15, -0.1) is 0 Å². The lowest BCUT2D eigenvalue weighted by atomic mass is 10.00. The van der Waals surface area contributed by atoms with Gasteiger partial charge < -0.3 is 10.6 Å². The van der Waals surface area contributed by atoms with Crippen molar-refractivity contribution in [2.24, 2.45) is 0 Å². The molecule has 2 aliphatic rings. The molecule has 3 rings (SSSR count). The van der Waals surface area contributed by atoms with Crippen LogP contribution in [0.4, 0.5) is 5.82 Å². The van der Waals surface area contributed by atoms with E-state index in [-0.39, 0.29) is 0 Å². The maximum absolute atomic E-state index is 6.17. The van der Waals surface area contributed by atoms with Crippen LogP contribution < -0.4 is 10.6 Å². The van der Waals surface area contributed by atoms with Crippen LogP contribution in [0.5, 0.6) is 0 Å². The highest BCUT2D eigenvalue weighted by Gasteiger charge is 2.33. The van der Waals surface area contributed by atoms with E-state index in [0.29, 0.717) is 23.1 Å². The average Bonchev–Trinajstić information content (AvgIpc) is 2.62. The fraction of sp³-hybridized carbons (Fsp3) is 0.583. The number of nitrogens with zero attached hydrogens (tertiary/aromatic N) is 1. The van der Waals surface area contributed by atoms with Gasteiger partial charge in [0, 0.05) is 28.8 Å². The second kappa shape index (κ2) is 4.75. The van der Waals surface area contributed by atoms with Crippen LogP contribution in [0.15, 0.2) is 16.7 Å². The summed E-state index contributed by atoms with van der Waals surface area (Å²) in [5, 5.41) is 7.79. The molecule has 2 N–H and O–H groups in total. The molecule has 17 heavy (non-hydrogen) atoms. The minimum Gasteiger partial charge on any atom is -0.366 e. The van der Waals surface area contributed by atoms with Gasteiger partial charge in [-0.25, -0.2) is 4.98 Å². The van der Waals surface area contributed by atoms with Gasteiger partial charge in [0.2, 0.25) is 0 Å². The normalized spacial score (nSPS) is 31.5. The van der Waals surface area contributed by atoms with Gasteiger partial charge in [-0.05, 0) is 47.7 Å². The van der Waals surface area contributed by atoms with Gasteiger partial charge in [0.25, 0.3) is 0 Å². The van der Waals surface area contributed by atoms with E-state index in [0.717, 1.165) is 10.3 Å². The summed E-state index contributed by atoms with van der Waals surface area (Å²) < 4.78 is 0.915. The summed E-state index contributed by atoms with van der Waals surface area (Å²) in [6.07, 6.45) is 6.74. The van der Waals surface area contributed by atoms with Gasteiger partial charge in [0.15, 0.2) is 0 Å². The van der Waals surface area contributed by atoms with E-state index in [1.807, 2.05) is 6.07 Å². The minimum atomic E-state index is 0.500. The van der Waals surface area contributed by atoms with Crippen LogP contribution in [0.25, 0.3) is 0 Å². The smallest absolute Gasteiger partial charge is 0.145 e. The van der Waals surface area contributed by atoms with Gasteiger partial charge in [0.05, 0.1) is 5.02 Å². The molecule has 0 saturated carbocycles. The zero-order valence-corrected chi connectivity index (χ0v) is 11.8. The molecule has 1 aromatic heterocycles. The SMILES string of the molecule is Clc1cc(Br)cnc1NC1CC2CCC(C1)N2. The van der Waals surface area contributed by atoms with Crippen LogP contribution in [0.1, 0.15) is 25.7 Å². The summed E-state index contributed by atoms with van der Waals surface area (Å²) in [6.45, 7) is 0. The third-order valence-electron chi connectivity index (χ3n) is 3.62. The Labute approximate surface area is 114 Å². The van der Waals surface area contributed by atoms with Gasteiger partial charge in [0.1, 0.15) is 5.82 Å². The number of rotatable bonds is 2. The number of anilines is 1. The van der Waals surface area contributed by atoms with Crippen LogP contribution in [0.2, 0.25) is 5.02 Å². The molecule has 2 atom stereocenters. The number of halogens is 2. The number of hydrogen-bond acceptors (Lipinski definition) is 3. The first-order chi connectivity index (χ1) is 8.20. The summed E-state index contributed by atoms with van der Waals surface area (Å²) >= 11 is 9.53. The monoisotopic (exact) mass is 315 g/mol. The zero-order chi connectivity index (χ0) is 11.8. The van der Waals surface area contributed by atoms with Crippen molar-refractivity contribution in [3.63, 3.8) is 0 Å². The molecule has 2 fully saturated rings. The molecule has 1 aromatic rings. The Bertz CT molecular complexity index is 414. The van der Waals surface area contributed by atoms with Gasteiger partial charge in [-0.2, -0.15) is 0 Å². The second-order valence-corrected chi connectivity index (χ2v) is 6.26. The highest BCUT2D eigenvalue weighted by atomic mass is 79.9. The Morgan fingerprint density at radius 1 is 1.35 bits per heavy atom. The predicted molar refractivity (Wildman–Crippen MR) is 73.5 cm³/mol. The van der Waals surface area contributed by atoms with Crippen LogP contribution in [-0.4, -0.2) is 23.1 Å². The fourth-order valence-electron chi connectivity index (χ4n) is 2.89. The topological polar surface area (TPSA) is 37.0 Å². The third-order valence-corrected chi connectivity index (χ3v) is 4.34. The highest BCUT2D eigenvalue weighted by Crippen LogP contribution is 2.30. The molecule has 0 spiro atoms. The van der Waals surface area contributed by atoms with Crippen molar-refractivity contribution in [3.05, 3.63) is 21.8 Å². The predicted octanol–water partition coefficient (Wildman–Crippen LogP) is 3.19. The van der Waals surface area contributed by atoms with Crippen molar-refractivity contribution in [1.29, 1.82) is 0 Å². The van der Waals surface area contributed by atoms with Crippen molar-refractivity contribution < 1.29 is 0 Å². The van der Waals surface area contributed by atoms with Crippen LogP contribution in [0.3, 0.4) is 0 Å². The molecular weight excluding hydrogens is 302 g/mol. The minimum absolute atomic E-state index is 0.500. The highest BCUT2D eigenvalue weighted by molar-refractivity contribution is 9.10. The molecule has 0 aromatic carbocycles. The number of hydrogen-bond donors (Lipinski definition) is 2. The van der Waals surface area contributed by atoms with Gasteiger partial charge >= 0.3 is 0 Å². The fourth-order valence-corrected chi connectivity index (χ4v) is 3.57. The van der Waals surface area contributed by atoms with Crippen LogP contribution in [0, 0.1) is 0 Å². The maximum Gasteiger partial charge on any atom is 0.145 e. The molecule has 0 amide bonds. The van der Waals surface area contributed by atoms with Crippen LogP contribution >= 0.6 is 27.5 Å². The molecule has 0 aliphatic carbocycles. The van der Waals surface area contributed by atoms with E-state index < -0.39 is 0 Å². The standard InChI is InChI=1S/C12H15BrClN3/c13-7-3-11(14)12(15-6-7)17-10-4-8-1-2-9(5-10)16-8/h3,6,8-10,16H,1-2,4-5H2,(H,15,17). The molecule has 2 unspecified atom stereocenters. The number of nitrogens with one attached hydrogen (secondary N) is 2. The number of fused-ring (bicyclic) bond motifs is 2. The summed E-state index contributed by atoms with van der Waals surface area (Å²) in [5.41, 5.74) is 0. The summed E-state index contributed by atoms with van der Waals surface area (Å²) in [7, 11) is 0. The zero-order valence-electron chi connectivity index (χ0n) is 9.42. The molecule has 92 valence electrons.